The lowest BCUT2D eigenvalue weighted by atomic mass is 10.2. The summed E-state index contributed by atoms with van der Waals surface area (Å²) in [5.41, 5.74) is 6.68. The highest BCUT2D eigenvalue weighted by molar-refractivity contribution is 5.04. The summed E-state index contributed by atoms with van der Waals surface area (Å²) < 4.78 is 2.00. The second kappa shape index (κ2) is 4.26. The molecular formula is C9H17N3. The summed E-state index contributed by atoms with van der Waals surface area (Å²) in [4.78, 5) is 0. The summed E-state index contributed by atoms with van der Waals surface area (Å²) in [5, 5.41) is 4.27. The molecule has 1 aromatic heterocycles. The van der Waals surface area contributed by atoms with Gasteiger partial charge in [0.05, 0.1) is 6.20 Å². The van der Waals surface area contributed by atoms with E-state index >= 15 is 0 Å². The van der Waals surface area contributed by atoms with Crippen LogP contribution in [0.15, 0.2) is 12.4 Å². The highest BCUT2D eigenvalue weighted by Gasteiger charge is 2.02. The Bertz CT molecular complexity index is 229. The van der Waals surface area contributed by atoms with Crippen LogP contribution in [0, 0.1) is 0 Å². The van der Waals surface area contributed by atoms with Gasteiger partial charge in [0, 0.05) is 12.2 Å². The normalized spacial score (nSPS) is 13.2. The molecule has 0 bridgehead atoms. The second-order valence-electron chi connectivity index (χ2n) is 3.12. The molecule has 0 saturated heterocycles. The lowest BCUT2D eigenvalue weighted by molar-refractivity contribution is 0.477. The molecule has 0 fully saturated rings. The summed E-state index contributed by atoms with van der Waals surface area (Å²) in [5.74, 6) is 0. The van der Waals surface area contributed by atoms with Crippen LogP contribution < -0.4 is 5.73 Å². The molecule has 1 heterocycles. The van der Waals surface area contributed by atoms with Crippen molar-refractivity contribution in [1.29, 1.82) is 0 Å². The van der Waals surface area contributed by atoms with E-state index in [0.29, 0.717) is 12.6 Å². The molecule has 0 aromatic carbocycles. The fourth-order valence-corrected chi connectivity index (χ4v) is 1.10. The number of rotatable bonds is 4. The van der Waals surface area contributed by atoms with E-state index < -0.39 is 0 Å². The standard InChI is InChI=1S/C9H17N3/c1-3-8(2)12-7-9(4-5-10)6-11-12/h6-8H,3-5,10H2,1-2H3/t8-/m0/s1. The Morgan fingerprint density at radius 1 is 1.67 bits per heavy atom. The first kappa shape index (κ1) is 9.26. The van der Waals surface area contributed by atoms with Crippen LogP contribution >= 0.6 is 0 Å². The first-order valence-corrected chi connectivity index (χ1v) is 4.51. The lowest BCUT2D eigenvalue weighted by Crippen LogP contribution is -2.04. The molecule has 0 spiro atoms. The Morgan fingerprint density at radius 3 is 3.00 bits per heavy atom. The van der Waals surface area contributed by atoms with Crippen LogP contribution in [0.5, 0.6) is 0 Å². The molecular weight excluding hydrogens is 150 g/mol. The highest BCUT2D eigenvalue weighted by Crippen LogP contribution is 2.09. The average molecular weight is 167 g/mol. The minimum absolute atomic E-state index is 0.497. The van der Waals surface area contributed by atoms with Crippen molar-refractivity contribution in [1.82, 2.24) is 9.78 Å². The van der Waals surface area contributed by atoms with Gasteiger partial charge >= 0.3 is 0 Å². The molecule has 1 aromatic rings. The predicted octanol–water partition coefficient (Wildman–Crippen LogP) is 1.36. The van der Waals surface area contributed by atoms with Crippen molar-refractivity contribution in [2.45, 2.75) is 32.7 Å². The third kappa shape index (κ3) is 2.08. The van der Waals surface area contributed by atoms with Crippen molar-refractivity contribution in [2.24, 2.45) is 5.73 Å². The minimum Gasteiger partial charge on any atom is -0.330 e. The lowest BCUT2D eigenvalue weighted by Gasteiger charge is -2.07. The van der Waals surface area contributed by atoms with Crippen LogP contribution in [-0.4, -0.2) is 16.3 Å². The van der Waals surface area contributed by atoms with E-state index in [1.807, 2.05) is 10.9 Å². The van der Waals surface area contributed by atoms with Crippen LogP contribution in [0.25, 0.3) is 0 Å². The molecule has 12 heavy (non-hydrogen) atoms. The monoisotopic (exact) mass is 167 g/mol. The smallest absolute Gasteiger partial charge is 0.0522 e. The number of hydrogen-bond donors (Lipinski definition) is 1. The number of aromatic nitrogens is 2. The van der Waals surface area contributed by atoms with Crippen LogP contribution in [-0.2, 0) is 6.42 Å². The topological polar surface area (TPSA) is 43.8 Å². The molecule has 1 rings (SSSR count). The maximum atomic E-state index is 5.44. The summed E-state index contributed by atoms with van der Waals surface area (Å²) >= 11 is 0. The zero-order chi connectivity index (χ0) is 8.97. The van der Waals surface area contributed by atoms with Gasteiger partial charge in [-0.3, -0.25) is 4.68 Å². The first-order valence-electron chi connectivity index (χ1n) is 4.51. The van der Waals surface area contributed by atoms with Crippen molar-refractivity contribution in [3.63, 3.8) is 0 Å². The summed E-state index contributed by atoms with van der Waals surface area (Å²) in [7, 11) is 0. The van der Waals surface area contributed by atoms with Crippen molar-refractivity contribution < 1.29 is 0 Å². The van der Waals surface area contributed by atoms with Gasteiger partial charge in [-0.15, -0.1) is 0 Å². The quantitative estimate of drug-likeness (QED) is 0.735. The van der Waals surface area contributed by atoms with Gasteiger partial charge < -0.3 is 5.73 Å². The maximum absolute atomic E-state index is 5.44. The van der Waals surface area contributed by atoms with Crippen LogP contribution in [0.1, 0.15) is 31.9 Å². The van der Waals surface area contributed by atoms with Crippen LogP contribution in [0.2, 0.25) is 0 Å². The van der Waals surface area contributed by atoms with Crippen LogP contribution in [0.4, 0.5) is 0 Å². The highest BCUT2D eigenvalue weighted by atomic mass is 15.3. The van der Waals surface area contributed by atoms with Gasteiger partial charge in [-0.05, 0) is 31.9 Å². The fourth-order valence-electron chi connectivity index (χ4n) is 1.10. The molecule has 0 aliphatic carbocycles. The molecule has 3 heteroatoms. The van der Waals surface area contributed by atoms with Crippen molar-refractivity contribution in [3.8, 4) is 0 Å². The number of hydrogen-bond acceptors (Lipinski definition) is 2. The Hall–Kier alpha value is -0.830. The van der Waals surface area contributed by atoms with E-state index in [0.717, 1.165) is 12.8 Å². The summed E-state index contributed by atoms with van der Waals surface area (Å²) in [6.07, 6.45) is 6.03. The Morgan fingerprint density at radius 2 is 2.42 bits per heavy atom. The predicted molar refractivity (Wildman–Crippen MR) is 50.0 cm³/mol. The summed E-state index contributed by atoms with van der Waals surface area (Å²) in [6.45, 7) is 5.03. The van der Waals surface area contributed by atoms with Gasteiger partial charge in [-0.1, -0.05) is 6.92 Å². The molecule has 0 radical (unpaired) electrons. The van der Waals surface area contributed by atoms with Gasteiger partial charge in [-0.25, -0.2) is 0 Å². The molecule has 0 unspecified atom stereocenters. The third-order valence-electron chi connectivity index (χ3n) is 2.13. The van der Waals surface area contributed by atoms with Gasteiger partial charge in [0.2, 0.25) is 0 Å². The molecule has 3 nitrogen and oxygen atoms in total. The van der Waals surface area contributed by atoms with E-state index in [1.54, 1.807) is 0 Å². The maximum Gasteiger partial charge on any atom is 0.0522 e. The SMILES string of the molecule is CC[C@H](C)n1cc(CCN)cn1. The largest absolute Gasteiger partial charge is 0.330 e. The zero-order valence-corrected chi connectivity index (χ0v) is 7.83. The Kier molecular flexibility index (Phi) is 3.29. The van der Waals surface area contributed by atoms with E-state index in [4.69, 9.17) is 5.73 Å². The second-order valence-corrected chi connectivity index (χ2v) is 3.12. The molecule has 0 amide bonds. The van der Waals surface area contributed by atoms with Crippen molar-refractivity contribution in [3.05, 3.63) is 18.0 Å². The fraction of sp³-hybridized carbons (Fsp3) is 0.667. The molecule has 0 saturated carbocycles. The van der Waals surface area contributed by atoms with Gasteiger partial charge in [-0.2, -0.15) is 5.10 Å². The van der Waals surface area contributed by atoms with Gasteiger partial charge in [0.15, 0.2) is 0 Å². The Balaban J connectivity index is 2.63. The molecule has 0 aliphatic rings. The van der Waals surface area contributed by atoms with E-state index in [2.05, 4.69) is 25.1 Å². The van der Waals surface area contributed by atoms with Crippen molar-refractivity contribution in [2.75, 3.05) is 6.54 Å². The zero-order valence-electron chi connectivity index (χ0n) is 7.83. The number of nitrogens with zero attached hydrogens (tertiary/aromatic N) is 2. The van der Waals surface area contributed by atoms with Crippen LogP contribution in [0.3, 0.4) is 0 Å². The average Bonchev–Trinajstić information content (AvgIpc) is 2.52. The van der Waals surface area contributed by atoms with Crippen molar-refractivity contribution >= 4 is 0 Å². The van der Waals surface area contributed by atoms with Gasteiger partial charge in [0.25, 0.3) is 0 Å². The van der Waals surface area contributed by atoms with E-state index in [9.17, 15) is 0 Å². The van der Waals surface area contributed by atoms with Gasteiger partial charge in [0.1, 0.15) is 0 Å². The minimum atomic E-state index is 0.497. The molecule has 1 atom stereocenters. The molecule has 68 valence electrons. The Labute approximate surface area is 73.6 Å². The molecule has 2 N–H and O–H groups in total. The molecule has 0 aliphatic heterocycles. The third-order valence-corrected chi connectivity index (χ3v) is 2.13. The summed E-state index contributed by atoms with van der Waals surface area (Å²) in [6, 6.07) is 0.497. The number of nitrogens with two attached hydrogens (primary N) is 1. The van der Waals surface area contributed by atoms with E-state index in [-0.39, 0.29) is 0 Å². The van der Waals surface area contributed by atoms with E-state index in [1.165, 1.54) is 5.56 Å². The first-order chi connectivity index (χ1) is 5.77.